The van der Waals surface area contributed by atoms with Crippen LogP contribution in [0, 0.1) is 5.92 Å². The van der Waals surface area contributed by atoms with E-state index in [-0.39, 0.29) is 19.2 Å². The van der Waals surface area contributed by atoms with Gasteiger partial charge >= 0.3 is 6.18 Å². The normalized spacial score (nSPS) is 21.3. The lowest BCUT2D eigenvalue weighted by atomic mass is 10.0. The quantitative estimate of drug-likeness (QED) is 0.480. The van der Waals surface area contributed by atoms with E-state index in [4.69, 9.17) is 14.2 Å². The van der Waals surface area contributed by atoms with E-state index in [1.54, 1.807) is 18.2 Å². The third-order valence-electron chi connectivity index (χ3n) is 8.21. The van der Waals surface area contributed by atoms with Gasteiger partial charge < -0.3 is 29.3 Å². The van der Waals surface area contributed by atoms with Crippen molar-refractivity contribution in [3.63, 3.8) is 0 Å². The highest BCUT2D eigenvalue weighted by Gasteiger charge is 2.44. The summed E-state index contributed by atoms with van der Waals surface area (Å²) in [5.74, 6) is -0.541. The molecule has 2 amide bonds. The summed E-state index contributed by atoms with van der Waals surface area (Å²) in [4.78, 5) is 32.8. The number of piperazine rings is 1. The van der Waals surface area contributed by atoms with Gasteiger partial charge in [-0.25, -0.2) is 0 Å². The molecule has 0 aromatic heterocycles. The maximum atomic E-state index is 13.8. The molecular weight excluding hydrogens is 553 g/mol. The van der Waals surface area contributed by atoms with Crippen molar-refractivity contribution in [2.24, 2.45) is 5.92 Å². The Morgan fingerprint density at radius 3 is 2.60 bits per heavy atom. The van der Waals surface area contributed by atoms with E-state index >= 15 is 0 Å². The first kappa shape index (κ1) is 30.0. The summed E-state index contributed by atoms with van der Waals surface area (Å²) in [6.07, 6.45) is -4.83. The number of methoxy groups -OCH3 is 1. The Balaban J connectivity index is 1.42. The molecule has 2 aromatic rings. The number of amides is 2. The number of carbonyl (C=O) groups excluding carboxylic acids is 2. The van der Waals surface area contributed by atoms with Crippen LogP contribution in [0.25, 0.3) is 0 Å². The maximum absolute atomic E-state index is 13.8. The largest absolute Gasteiger partial charge is 0.497 e. The molecule has 0 saturated carbocycles. The van der Waals surface area contributed by atoms with E-state index in [1.165, 1.54) is 12.0 Å². The summed E-state index contributed by atoms with van der Waals surface area (Å²) < 4.78 is 56.7. The van der Waals surface area contributed by atoms with Gasteiger partial charge in [0.25, 0.3) is 0 Å². The molecule has 2 aromatic carbocycles. The van der Waals surface area contributed by atoms with Crippen LogP contribution in [0.2, 0.25) is 0 Å². The lowest BCUT2D eigenvalue weighted by Crippen LogP contribution is -2.52. The number of halogens is 3. The molecule has 228 valence electrons. The number of carbonyl (C=O) groups is 2. The van der Waals surface area contributed by atoms with Crippen molar-refractivity contribution in [3.05, 3.63) is 53.6 Å². The molecule has 5 rings (SSSR count). The second kappa shape index (κ2) is 12.8. The zero-order valence-corrected chi connectivity index (χ0v) is 23.9. The van der Waals surface area contributed by atoms with Gasteiger partial charge in [0.15, 0.2) is 11.5 Å². The Labute approximate surface area is 243 Å². The first-order chi connectivity index (χ1) is 20.1. The van der Waals surface area contributed by atoms with Gasteiger partial charge in [0.05, 0.1) is 19.1 Å². The minimum Gasteiger partial charge on any atom is -0.497 e. The van der Waals surface area contributed by atoms with Crippen molar-refractivity contribution in [1.29, 1.82) is 0 Å². The van der Waals surface area contributed by atoms with Gasteiger partial charge in [-0.2, -0.15) is 13.2 Å². The minimum atomic E-state index is -4.49. The molecule has 0 bridgehead atoms. The van der Waals surface area contributed by atoms with Crippen molar-refractivity contribution < 1.29 is 37.0 Å². The molecule has 2 fully saturated rings. The van der Waals surface area contributed by atoms with Crippen LogP contribution in [0.5, 0.6) is 17.2 Å². The molecule has 2 saturated heterocycles. The molecule has 3 aliphatic heterocycles. The molecule has 12 heteroatoms. The number of hydrogen-bond acceptors (Lipinski definition) is 7. The Morgan fingerprint density at radius 1 is 1.10 bits per heavy atom. The SMILES string of the molecule is COc1cccc(CN(C(=O)CC(C)C(F)(F)F)[C@H]2CC(C(=O)N3CCNCC3)N(Cc3ccc4c(c3)OCO4)C2)c1. The van der Waals surface area contributed by atoms with E-state index in [2.05, 4.69) is 5.32 Å². The highest BCUT2D eigenvalue weighted by atomic mass is 19.4. The lowest BCUT2D eigenvalue weighted by Gasteiger charge is -2.32. The van der Waals surface area contributed by atoms with Crippen LogP contribution in [0.1, 0.15) is 30.9 Å². The van der Waals surface area contributed by atoms with Crippen molar-refractivity contribution in [2.45, 2.75) is 51.1 Å². The molecule has 2 unspecified atom stereocenters. The van der Waals surface area contributed by atoms with E-state index in [1.807, 2.05) is 34.1 Å². The van der Waals surface area contributed by atoms with E-state index in [9.17, 15) is 22.8 Å². The summed E-state index contributed by atoms with van der Waals surface area (Å²) in [6.45, 7) is 4.58. The molecule has 1 N–H and O–H groups in total. The van der Waals surface area contributed by atoms with E-state index in [0.717, 1.165) is 18.1 Å². The summed E-state index contributed by atoms with van der Waals surface area (Å²) in [5, 5.41) is 3.26. The number of alkyl halides is 3. The van der Waals surface area contributed by atoms with Crippen molar-refractivity contribution in [3.8, 4) is 17.2 Å². The monoisotopic (exact) mass is 590 g/mol. The van der Waals surface area contributed by atoms with E-state index in [0.29, 0.717) is 62.9 Å². The number of hydrogen-bond donors (Lipinski definition) is 1. The number of fused-ring (bicyclic) bond motifs is 1. The number of nitrogens with zero attached hydrogens (tertiary/aromatic N) is 3. The van der Waals surface area contributed by atoms with Crippen molar-refractivity contribution in [1.82, 2.24) is 20.0 Å². The Kier molecular flexibility index (Phi) is 9.12. The van der Waals surface area contributed by atoms with Crippen LogP contribution in [-0.4, -0.2) is 91.4 Å². The average molecular weight is 591 g/mol. The van der Waals surface area contributed by atoms with Crippen LogP contribution in [0.3, 0.4) is 0 Å². The minimum absolute atomic E-state index is 0.0304. The van der Waals surface area contributed by atoms with Gasteiger partial charge in [-0.15, -0.1) is 0 Å². The van der Waals surface area contributed by atoms with Crippen LogP contribution >= 0.6 is 0 Å². The smallest absolute Gasteiger partial charge is 0.392 e. The van der Waals surface area contributed by atoms with Crippen molar-refractivity contribution >= 4 is 11.8 Å². The fraction of sp³-hybridized carbons (Fsp3) is 0.533. The van der Waals surface area contributed by atoms with Gasteiger partial charge in [-0.3, -0.25) is 14.5 Å². The summed E-state index contributed by atoms with van der Waals surface area (Å²) in [6, 6.07) is 11.8. The predicted molar refractivity (Wildman–Crippen MR) is 148 cm³/mol. The van der Waals surface area contributed by atoms with Gasteiger partial charge in [-0.05, 0) is 41.8 Å². The Hall–Kier alpha value is -3.51. The van der Waals surface area contributed by atoms with Gasteiger partial charge in [0.1, 0.15) is 5.75 Å². The Bertz CT molecular complexity index is 1270. The number of rotatable bonds is 9. The second-order valence-corrected chi connectivity index (χ2v) is 11.1. The summed E-state index contributed by atoms with van der Waals surface area (Å²) >= 11 is 0. The molecular formula is C30H37F3N4O5. The molecule has 42 heavy (non-hydrogen) atoms. The zero-order chi connectivity index (χ0) is 29.9. The van der Waals surface area contributed by atoms with Gasteiger partial charge in [0, 0.05) is 58.3 Å². The van der Waals surface area contributed by atoms with Crippen LogP contribution in [-0.2, 0) is 22.7 Å². The molecule has 3 heterocycles. The molecule has 0 radical (unpaired) electrons. The average Bonchev–Trinajstić information content (AvgIpc) is 3.62. The number of ether oxygens (including phenoxy) is 3. The molecule has 0 aliphatic carbocycles. The number of benzene rings is 2. The van der Waals surface area contributed by atoms with Crippen molar-refractivity contribution in [2.75, 3.05) is 46.6 Å². The predicted octanol–water partition coefficient (Wildman–Crippen LogP) is 3.42. The van der Waals surface area contributed by atoms with Gasteiger partial charge in [0.2, 0.25) is 18.6 Å². The zero-order valence-electron chi connectivity index (χ0n) is 23.9. The van der Waals surface area contributed by atoms with Crippen LogP contribution in [0.15, 0.2) is 42.5 Å². The maximum Gasteiger partial charge on any atom is 0.392 e. The second-order valence-electron chi connectivity index (χ2n) is 11.1. The number of nitrogens with one attached hydrogen (secondary N) is 1. The topological polar surface area (TPSA) is 83.6 Å². The molecule has 9 nitrogen and oxygen atoms in total. The lowest BCUT2D eigenvalue weighted by molar-refractivity contribution is -0.177. The first-order valence-electron chi connectivity index (χ1n) is 14.2. The van der Waals surface area contributed by atoms with E-state index < -0.39 is 36.5 Å². The number of likely N-dealkylation sites (tertiary alicyclic amines) is 1. The molecule has 3 atom stereocenters. The Morgan fingerprint density at radius 2 is 1.86 bits per heavy atom. The third kappa shape index (κ3) is 6.92. The summed E-state index contributed by atoms with van der Waals surface area (Å²) in [7, 11) is 1.53. The summed E-state index contributed by atoms with van der Waals surface area (Å²) in [5.41, 5.74) is 1.65. The van der Waals surface area contributed by atoms with Crippen LogP contribution < -0.4 is 19.5 Å². The molecule has 0 spiro atoms. The highest BCUT2D eigenvalue weighted by Crippen LogP contribution is 2.35. The third-order valence-corrected chi connectivity index (χ3v) is 8.21. The van der Waals surface area contributed by atoms with Gasteiger partial charge in [-0.1, -0.05) is 25.1 Å². The highest BCUT2D eigenvalue weighted by molar-refractivity contribution is 5.83. The van der Waals surface area contributed by atoms with Crippen LogP contribution in [0.4, 0.5) is 13.2 Å². The fourth-order valence-electron chi connectivity index (χ4n) is 5.79. The molecule has 3 aliphatic rings. The first-order valence-corrected chi connectivity index (χ1v) is 14.2. The fourth-order valence-corrected chi connectivity index (χ4v) is 5.79. The standard InChI is InChI=1S/C30H37F3N4O5/c1-20(30(31,32)33)12-28(38)37(17-21-4-3-5-24(13-21)40-2)23-15-25(29(39)35-10-8-34-9-11-35)36(18-23)16-22-6-7-26-27(14-22)42-19-41-26/h3-7,13-14,20,23,25,34H,8-12,15-19H2,1-2H3/t20?,23-,25?/m0/s1.